The van der Waals surface area contributed by atoms with Gasteiger partial charge in [0.05, 0.1) is 12.1 Å². The van der Waals surface area contributed by atoms with Gasteiger partial charge < -0.3 is 20.5 Å². The molecule has 0 spiro atoms. The predicted octanol–water partition coefficient (Wildman–Crippen LogP) is 3.65. The van der Waals surface area contributed by atoms with Gasteiger partial charge in [-0.3, -0.25) is 4.79 Å². The van der Waals surface area contributed by atoms with E-state index in [0.29, 0.717) is 41.1 Å². The van der Waals surface area contributed by atoms with Gasteiger partial charge in [-0.1, -0.05) is 42.5 Å². The Balaban J connectivity index is 1.52. The van der Waals surface area contributed by atoms with Crippen molar-refractivity contribution < 1.29 is 14.6 Å². The standard InChI is InChI=1S/C24H20N4O3/c25-24-26-20-10-9-18(31-21-8-4-3-7-17(21)14-29)11-19(20)22(27-24)23(30)28-12-15-5-1-2-6-16(15)13-28/h1-11,29H,12-14H2,(H2,25,26,27). The molecule has 0 saturated heterocycles. The fourth-order valence-corrected chi connectivity index (χ4v) is 3.84. The smallest absolute Gasteiger partial charge is 0.273 e. The SMILES string of the molecule is Nc1nc(C(=O)N2Cc3ccccc3C2)c2cc(Oc3ccccc3CO)ccc2n1. The minimum absolute atomic E-state index is 0.0480. The zero-order valence-corrected chi connectivity index (χ0v) is 16.7. The van der Waals surface area contributed by atoms with Crippen LogP contribution in [0, 0.1) is 0 Å². The van der Waals surface area contributed by atoms with Crippen LogP contribution in [0.25, 0.3) is 10.9 Å². The first-order valence-corrected chi connectivity index (χ1v) is 9.92. The van der Waals surface area contributed by atoms with E-state index in [9.17, 15) is 9.90 Å². The normalized spacial score (nSPS) is 12.7. The number of aliphatic hydroxyl groups is 1. The first-order valence-electron chi connectivity index (χ1n) is 9.92. The molecular formula is C24H20N4O3. The van der Waals surface area contributed by atoms with Crippen LogP contribution >= 0.6 is 0 Å². The van der Waals surface area contributed by atoms with E-state index in [-0.39, 0.29) is 24.2 Å². The molecule has 5 rings (SSSR count). The summed E-state index contributed by atoms with van der Waals surface area (Å²) < 4.78 is 5.98. The molecule has 0 radical (unpaired) electrons. The first-order chi connectivity index (χ1) is 15.1. The Kier molecular flexibility index (Phi) is 4.72. The van der Waals surface area contributed by atoms with Gasteiger partial charge in [0.2, 0.25) is 5.95 Å². The van der Waals surface area contributed by atoms with Crippen molar-refractivity contribution in [2.45, 2.75) is 19.7 Å². The number of hydrogen-bond acceptors (Lipinski definition) is 6. The lowest BCUT2D eigenvalue weighted by molar-refractivity contribution is 0.0747. The summed E-state index contributed by atoms with van der Waals surface area (Å²) in [5, 5.41) is 10.1. The molecule has 1 aromatic heterocycles. The fourth-order valence-electron chi connectivity index (χ4n) is 3.84. The number of aromatic nitrogens is 2. The molecular weight excluding hydrogens is 392 g/mol. The molecule has 0 atom stereocenters. The van der Waals surface area contributed by atoms with E-state index < -0.39 is 0 Å². The maximum Gasteiger partial charge on any atom is 0.273 e. The van der Waals surface area contributed by atoms with Gasteiger partial charge in [-0.05, 0) is 35.4 Å². The summed E-state index contributed by atoms with van der Waals surface area (Å²) in [6.07, 6.45) is 0. The minimum Gasteiger partial charge on any atom is -0.457 e. The zero-order chi connectivity index (χ0) is 21.4. The summed E-state index contributed by atoms with van der Waals surface area (Å²) in [6.45, 7) is 0.920. The quantitative estimate of drug-likeness (QED) is 0.531. The second-order valence-electron chi connectivity index (χ2n) is 7.41. The Bertz CT molecular complexity index is 1280. The second-order valence-corrected chi connectivity index (χ2v) is 7.41. The van der Waals surface area contributed by atoms with Gasteiger partial charge in [-0.25, -0.2) is 9.97 Å². The summed E-state index contributed by atoms with van der Waals surface area (Å²) in [4.78, 5) is 23.6. The van der Waals surface area contributed by atoms with Crippen molar-refractivity contribution in [1.29, 1.82) is 0 Å². The monoisotopic (exact) mass is 412 g/mol. The first kappa shape index (κ1) is 19.0. The summed E-state index contributed by atoms with van der Waals surface area (Å²) in [5.74, 6) is 0.902. The number of para-hydroxylation sites is 1. The molecule has 7 heteroatoms. The van der Waals surface area contributed by atoms with E-state index in [0.717, 1.165) is 11.1 Å². The van der Waals surface area contributed by atoms with Gasteiger partial charge in [0.1, 0.15) is 17.2 Å². The van der Waals surface area contributed by atoms with Crippen LogP contribution in [0.15, 0.2) is 66.7 Å². The number of nitrogen functional groups attached to an aromatic ring is 1. The van der Waals surface area contributed by atoms with Crippen LogP contribution in [0.5, 0.6) is 11.5 Å². The van der Waals surface area contributed by atoms with Crippen LogP contribution in [-0.2, 0) is 19.7 Å². The summed E-state index contributed by atoms with van der Waals surface area (Å²) in [7, 11) is 0. The highest BCUT2D eigenvalue weighted by Gasteiger charge is 2.27. The predicted molar refractivity (Wildman–Crippen MR) is 116 cm³/mol. The Hall–Kier alpha value is -3.97. The third kappa shape index (κ3) is 3.55. The number of anilines is 1. The molecule has 3 aromatic carbocycles. The number of ether oxygens (including phenoxy) is 1. The van der Waals surface area contributed by atoms with Gasteiger partial charge in [0, 0.05) is 24.0 Å². The highest BCUT2D eigenvalue weighted by Crippen LogP contribution is 2.31. The van der Waals surface area contributed by atoms with E-state index in [1.165, 1.54) is 0 Å². The molecule has 4 aromatic rings. The van der Waals surface area contributed by atoms with Gasteiger partial charge in [0.15, 0.2) is 0 Å². The highest BCUT2D eigenvalue weighted by molar-refractivity contribution is 6.05. The maximum absolute atomic E-state index is 13.4. The molecule has 0 bridgehead atoms. The lowest BCUT2D eigenvalue weighted by Crippen LogP contribution is -2.27. The number of nitrogens with two attached hydrogens (primary N) is 1. The van der Waals surface area contributed by atoms with Crippen molar-refractivity contribution in [3.8, 4) is 11.5 Å². The third-order valence-electron chi connectivity index (χ3n) is 5.39. The topological polar surface area (TPSA) is 102 Å². The second kappa shape index (κ2) is 7.70. The molecule has 0 aliphatic carbocycles. The number of nitrogens with zero attached hydrogens (tertiary/aromatic N) is 3. The van der Waals surface area contributed by atoms with Gasteiger partial charge >= 0.3 is 0 Å². The molecule has 0 fully saturated rings. The number of carbonyl (C=O) groups excluding carboxylic acids is 1. The average molecular weight is 412 g/mol. The van der Waals surface area contributed by atoms with Crippen molar-refractivity contribution in [3.05, 3.63) is 89.1 Å². The zero-order valence-electron chi connectivity index (χ0n) is 16.7. The van der Waals surface area contributed by atoms with E-state index in [2.05, 4.69) is 9.97 Å². The Morgan fingerprint density at radius 3 is 2.45 bits per heavy atom. The van der Waals surface area contributed by atoms with Crippen molar-refractivity contribution in [3.63, 3.8) is 0 Å². The van der Waals surface area contributed by atoms with Crippen molar-refractivity contribution in [1.82, 2.24) is 14.9 Å². The molecule has 1 aliphatic rings. The molecule has 154 valence electrons. The number of benzene rings is 3. The highest BCUT2D eigenvalue weighted by atomic mass is 16.5. The third-order valence-corrected chi connectivity index (χ3v) is 5.39. The Morgan fingerprint density at radius 2 is 1.71 bits per heavy atom. The number of aliphatic hydroxyl groups excluding tert-OH is 1. The molecule has 7 nitrogen and oxygen atoms in total. The summed E-state index contributed by atoms with van der Waals surface area (Å²) in [6, 6.07) is 20.5. The Labute approximate surface area is 178 Å². The molecule has 1 amide bonds. The van der Waals surface area contributed by atoms with Crippen LogP contribution < -0.4 is 10.5 Å². The van der Waals surface area contributed by atoms with Gasteiger partial charge in [-0.2, -0.15) is 0 Å². The van der Waals surface area contributed by atoms with Crippen molar-refractivity contribution >= 4 is 22.8 Å². The molecule has 0 unspecified atom stereocenters. The molecule has 31 heavy (non-hydrogen) atoms. The number of amides is 1. The lowest BCUT2D eigenvalue weighted by atomic mass is 10.1. The largest absolute Gasteiger partial charge is 0.457 e. The number of rotatable bonds is 4. The van der Waals surface area contributed by atoms with Gasteiger partial charge in [-0.15, -0.1) is 0 Å². The Morgan fingerprint density at radius 1 is 1.00 bits per heavy atom. The van der Waals surface area contributed by atoms with Crippen LogP contribution in [-0.4, -0.2) is 25.9 Å². The summed E-state index contributed by atoms with van der Waals surface area (Å²) in [5.41, 5.74) is 9.64. The molecule has 2 heterocycles. The lowest BCUT2D eigenvalue weighted by Gasteiger charge is -2.17. The van der Waals surface area contributed by atoms with E-state index in [4.69, 9.17) is 10.5 Å². The molecule has 0 saturated carbocycles. The van der Waals surface area contributed by atoms with Crippen LogP contribution in [0.2, 0.25) is 0 Å². The maximum atomic E-state index is 13.4. The minimum atomic E-state index is -0.205. The number of fused-ring (bicyclic) bond motifs is 2. The van der Waals surface area contributed by atoms with Crippen LogP contribution in [0.1, 0.15) is 27.2 Å². The van der Waals surface area contributed by atoms with E-state index in [1.54, 1.807) is 35.2 Å². The number of hydrogen-bond donors (Lipinski definition) is 2. The molecule has 3 N–H and O–H groups in total. The van der Waals surface area contributed by atoms with Gasteiger partial charge in [0.25, 0.3) is 5.91 Å². The van der Waals surface area contributed by atoms with Crippen LogP contribution in [0.4, 0.5) is 5.95 Å². The van der Waals surface area contributed by atoms with Crippen molar-refractivity contribution in [2.24, 2.45) is 0 Å². The fraction of sp³-hybridized carbons (Fsp3) is 0.125. The van der Waals surface area contributed by atoms with E-state index in [1.807, 2.05) is 36.4 Å². The number of carbonyl (C=O) groups is 1. The van der Waals surface area contributed by atoms with Crippen molar-refractivity contribution in [2.75, 3.05) is 5.73 Å². The molecule has 1 aliphatic heterocycles. The van der Waals surface area contributed by atoms with E-state index >= 15 is 0 Å². The van der Waals surface area contributed by atoms with Crippen LogP contribution in [0.3, 0.4) is 0 Å². The summed E-state index contributed by atoms with van der Waals surface area (Å²) >= 11 is 0. The average Bonchev–Trinajstić information content (AvgIpc) is 3.23.